The molecule has 102 valence electrons. The number of piperidine rings is 1. The van der Waals surface area contributed by atoms with E-state index in [2.05, 4.69) is 15.3 Å². The Morgan fingerprint density at radius 3 is 3.05 bits per heavy atom. The Bertz CT molecular complexity index is 628. The molecule has 1 aliphatic heterocycles. The number of aryl methyl sites for hydroxylation is 1. The van der Waals surface area contributed by atoms with E-state index < -0.39 is 0 Å². The minimum atomic E-state index is -0.0119. The van der Waals surface area contributed by atoms with Gasteiger partial charge in [0.25, 0.3) is 5.56 Å². The summed E-state index contributed by atoms with van der Waals surface area (Å²) in [5.74, 6) is 1.78. The summed E-state index contributed by atoms with van der Waals surface area (Å²) in [6.45, 7) is 4.23. The summed E-state index contributed by atoms with van der Waals surface area (Å²) in [5.41, 5.74) is -0.0119. The van der Waals surface area contributed by atoms with Crippen molar-refractivity contribution in [2.45, 2.75) is 24.9 Å². The molecule has 1 fully saturated rings. The van der Waals surface area contributed by atoms with Crippen LogP contribution in [0.2, 0.25) is 0 Å². The van der Waals surface area contributed by atoms with Crippen molar-refractivity contribution in [2.24, 2.45) is 5.92 Å². The maximum atomic E-state index is 12.0. The highest BCUT2D eigenvalue weighted by Crippen LogP contribution is 2.25. The molecule has 1 saturated heterocycles. The Morgan fingerprint density at radius 1 is 1.47 bits per heavy atom. The van der Waals surface area contributed by atoms with E-state index in [1.54, 1.807) is 23.1 Å². The molecule has 19 heavy (non-hydrogen) atoms. The SMILES string of the molecule is Cc1cc2c(=O)[nH]c(SCC3CCNCC3)nc2s1. The van der Waals surface area contributed by atoms with Gasteiger partial charge in [-0.3, -0.25) is 4.79 Å². The molecule has 0 bridgehead atoms. The molecule has 0 amide bonds. The average Bonchev–Trinajstić information content (AvgIpc) is 2.79. The second kappa shape index (κ2) is 5.64. The van der Waals surface area contributed by atoms with Gasteiger partial charge in [-0.05, 0) is 44.8 Å². The topological polar surface area (TPSA) is 57.8 Å². The molecule has 0 aromatic carbocycles. The summed E-state index contributed by atoms with van der Waals surface area (Å²) in [6.07, 6.45) is 2.44. The second-order valence-electron chi connectivity index (χ2n) is 4.95. The minimum Gasteiger partial charge on any atom is -0.317 e. The van der Waals surface area contributed by atoms with Gasteiger partial charge in [-0.1, -0.05) is 11.8 Å². The number of aromatic amines is 1. The zero-order valence-electron chi connectivity index (χ0n) is 10.9. The van der Waals surface area contributed by atoms with Gasteiger partial charge in [0.1, 0.15) is 4.83 Å². The fourth-order valence-electron chi connectivity index (χ4n) is 2.35. The van der Waals surface area contributed by atoms with Crippen LogP contribution >= 0.6 is 23.1 Å². The number of H-pyrrole nitrogens is 1. The number of thioether (sulfide) groups is 1. The first-order valence-corrected chi connectivity index (χ1v) is 8.36. The number of rotatable bonds is 3. The fraction of sp³-hybridized carbons (Fsp3) is 0.538. The van der Waals surface area contributed by atoms with Gasteiger partial charge in [0.05, 0.1) is 5.39 Å². The van der Waals surface area contributed by atoms with Gasteiger partial charge >= 0.3 is 0 Å². The molecular formula is C13H17N3OS2. The molecule has 0 radical (unpaired) electrons. The van der Waals surface area contributed by atoms with Gasteiger partial charge in [0.2, 0.25) is 0 Å². The number of hydrogen-bond donors (Lipinski definition) is 2. The lowest BCUT2D eigenvalue weighted by Crippen LogP contribution is -2.28. The smallest absolute Gasteiger partial charge is 0.260 e. The first kappa shape index (κ1) is 13.1. The standard InChI is InChI=1S/C13H17N3OS2/c1-8-6-10-11(17)15-13(16-12(10)19-8)18-7-9-2-4-14-5-3-9/h6,9,14H,2-5,7H2,1H3,(H,15,16,17). The van der Waals surface area contributed by atoms with Crippen LogP contribution in [0.1, 0.15) is 17.7 Å². The molecule has 0 atom stereocenters. The van der Waals surface area contributed by atoms with Gasteiger partial charge in [-0.2, -0.15) is 0 Å². The monoisotopic (exact) mass is 295 g/mol. The molecule has 0 saturated carbocycles. The number of nitrogens with zero attached hydrogens (tertiary/aromatic N) is 1. The van der Waals surface area contributed by atoms with E-state index in [4.69, 9.17) is 0 Å². The van der Waals surface area contributed by atoms with Gasteiger partial charge in [-0.15, -0.1) is 11.3 Å². The third-order valence-corrected chi connectivity index (χ3v) is 5.47. The minimum absolute atomic E-state index is 0.0119. The van der Waals surface area contributed by atoms with Gasteiger partial charge in [0.15, 0.2) is 5.16 Å². The maximum Gasteiger partial charge on any atom is 0.260 e. The largest absolute Gasteiger partial charge is 0.317 e. The Kier molecular flexibility index (Phi) is 3.91. The van der Waals surface area contributed by atoms with Crippen LogP contribution in [0.3, 0.4) is 0 Å². The number of thiophene rings is 1. The molecule has 6 heteroatoms. The van der Waals surface area contributed by atoms with Crippen molar-refractivity contribution in [1.82, 2.24) is 15.3 Å². The molecule has 0 aliphatic carbocycles. The van der Waals surface area contributed by atoms with Crippen LogP contribution in [0.5, 0.6) is 0 Å². The molecule has 4 nitrogen and oxygen atoms in total. The second-order valence-corrected chi connectivity index (χ2v) is 7.19. The first-order chi connectivity index (χ1) is 9.22. The maximum absolute atomic E-state index is 12.0. The van der Waals surface area contributed by atoms with E-state index in [1.165, 1.54) is 12.8 Å². The van der Waals surface area contributed by atoms with Gasteiger partial charge in [-0.25, -0.2) is 4.98 Å². The molecule has 2 aromatic rings. The predicted octanol–water partition coefficient (Wildman–Crippen LogP) is 2.38. The van der Waals surface area contributed by atoms with Crippen molar-refractivity contribution in [1.29, 1.82) is 0 Å². The average molecular weight is 295 g/mol. The Hall–Kier alpha value is -0.850. The molecule has 0 unspecified atom stereocenters. The zero-order chi connectivity index (χ0) is 13.2. The molecule has 3 rings (SSSR count). The first-order valence-electron chi connectivity index (χ1n) is 6.56. The fourth-order valence-corrected chi connectivity index (χ4v) is 4.33. The normalized spacial score (nSPS) is 17.1. The molecule has 2 N–H and O–H groups in total. The van der Waals surface area contributed by atoms with Crippen molar-refractivity contribution in [3.05, 3.63) is 21.3 Å². The third-order valence-electron chi connectivity index (χ3n) is 3.42. The highest BCUT2D eigenvalue weighted by Gasteiger charge is 2.14. The van der Waals surface area contributed by atoms with Crippen LogP contribution in [-0.4, -0.2) is 28.8 Å². The summed E-state index contributed by atoms with van der Waals surface area (Å²) in [7, 11) is 0. The van der Waals surface area contributed by atoms with E-state index in [0.29, 0.717) is 5.39 Å². The van der Waals surface area contributed by atoms with Crippen molar-refractivity contribution in [2.75, 3.05) is 18.8 Å². The highest BCUT2D eigenvalue weighted by molar-refractivity contribution is 7.99. The predicted molar refractivity (Wildman–Crippen MR) is 81.3 cm³/mol. The third kappa shape index (κ3) is 3.01. The molecular weight excluding hydrogens is 278 g/mol. The van der Waals surface area contributed by atoms with Crippen molar-refractivity contribution in [3.8, 4) is 0 Å². The van der Waals surface area contributed by atoms with Crippen molar-refractivity contribution in [3.63, 3.8) is 0 Å². The Morgan fingerprint density at radius 2 is 2.26 bits per heavy atom. The van der Waals surface area contributed by atoms with Crippen LogP contribution in [0.25, 0.3) is 10.2 Å². The van der Waals surface area contributed by atoms with Crippen LogP contribution in [0.4, 0.5) is 0 Å². The van der Waals surface area contributed by atoms with Crippen molar-refractivity contribution < 1.29 is 0 Å². The Labute approximate surface area is 120 Å². The highest BCUT2D eigenvalue weighted by atomic mass is 32.2. The van der Waals surface area contributed by atoms with E-state index in [0.717, 1.165) is 39.6 Å². The number of aromatic nitrogens is 2. The lowest BCUT2D eigenvalue weighted by atomic mass is 10.0. The van der Waals surface area contributed by atoms with Gasteiger partial charge in [0, 0.05) is 10.6 Å². The molecule has 1 aliphatic rings. The lowest BCUT2D eigenvalue weighted by Gasteiger charge is -2.21. The summed E-state index contributed by atoms with van der Waals surface area (Å²) in [5, 5.41) is 4.85. The molecule has 3 heterocycles. The summed E-state index contributed by atoms with van der Waals surface area (Å²) >= 11 is 3.26. The summed E-state index contributed by atoms with van der Waals surface area (Å²) < 4.78 is 0. The van der Waals surface area contributed by atoms with Crippen molar-refractivity contribution >= 4 is 33.3 Å². The van der Waals surface area contributed by atoms with Gasteiger partial charge < -0.3 is 10.3 Å². The van der Waals surface area contributed by atoms with E-state index in [1.807, 2.05) is 13.0 Å². The Balaban J connectivity index is 1.75. The van der Waals surface area contributed by atoms with E-state index in [9.17, 15) is 4.79 Å². The lowest BCUT2D eigenvalue weighted by molar-refractivity contribution is 0.407. The van der Waals surface area contributed by atoms with Crippen LogP contribution in [0, 0.1) is 12.8 Å². The van der Waals surface area contributed by atoms with E-state index in [-0.39, 0.29) is 5.56 Å². The van der Waals surface area contributed by atoms with Crippen LogP contribution < -0.4 is 10.9 Å². The number of hydrogen-bond acceptors (Lipinski definition) is 5. The molecule has 0 spiro atoms. The van der Waals surface area contributed by atoms with Crippen LogP contribution in [-0.2, 0) is 0 Å². The summed E-state index contributed by atoms with van der Waals surface area (Å²) in [6, 6.07) is 1.91. The van der Waals surface area contributed by atoms with E-state index >= 15 is 0 Å². The quantitative estimate of drug-likeness (QED) is 0.674. The zero-order valence-corrected chi connectivity index (χ0v) is 12.5. The number of nitrogens with one attached hydrogen (secondary N) is 2. The number of fused-ring (bicyclic) bond motifs is 1. The van der Waals surface area contributed by atoms with Crippen LogP contribution in [0.15, 0.2) is 16.0 Å². The molecule has 2 aromatic heterocycles. The summed E-state index contributed by atoms with van der Waals surface area (Å²) in [4.78, 5) is 21.4.